The van der Waals surface area contributed by atoms with Crippen molar-refractivity contribution >= 4 is 11.6 Å². The molecule has 0 amide bonds. The maximum absolute atomic E-state index is 12.7. The molecular weight excluding hydrogens is 261 g/mol. The van der Waals surface area contributed by atoms with Gasteiger partial charge >= 0.3 is 6.18 Å². The summed E-state index contributed by atoms with van der Waals surface area (Å²) < 4.78 is 42.9. The topological polar surface area (TPSA) is 50.3 Å². The third kappa shape index (κ3) is 4.55. The van der Waals surface area contributed by atoms with Crippen molar-refractivity contribution in [1.29, 1.82) is 0 Å². The Balaban J connectivity index is 2.93. The highest BCUT2D eigenvalue weighted by atomic mass is 19.4. The van der Waals surface area contributed by atoms with Gasteiger partial charge in [0.05, 0.1) is 0 Å². The first-order chi connectivity index (χ1) is 8.88. The molecule has 1 aromatic heterocycles. The van der Waals surface area contributed by atoms with Crippen LogP contribution in [0.5, 0.6) is 0 Å². The molecule has 0 fully saturated rings. The zero-order valence-corrected chi connectivity index (χ0v) is 11.1. The molecule has 1 heterocycles. The van der Waals surface area contributed by atoms with Crippen molar-refractivity contribution in [2.24, 2.45) is 0 Å². The van der Waals surface area contributed by atoms with Crippen molar-refractivity contribution in [2.75, 3.05) is 44.6 Å². The number of methoxy groups -OCH3 is 1. The third-order valence-electron chi connectivity index (χ3n) is 2.46. The van der Waals surface area contributed by atoms with E-state index in [-0.39, 0.29) is 11.6 Å². The van der Waals surface area contributed by atoms with Crippen LogP contribution >= 0.6 is 0 Å². The average Bonchev–Trinajstić information content (AvgIpc) is 2.37. The summed E-state index contributed by atoms with van der Waals surface area (Å²) in [5.41, 5.74) is 0. The Bertz CT molecular complexity index is 411. The summed E-state index contributed by atoms with van der Waals surface area (Å²) in [7, 11) is 4.76. The number of alkyl halides is 3. The van der Waals surface area contributed by atoms with E-state index in [0.717, 1.165) is 0 Å². The van der Waals surface area contributed by atoms with Gasteiger partial charge in [-0.15, -0.1) is 0 Å². The average molecular weight is 278 g/mol. The summed E-state index contributed by atoms with van der Waals surface area (Å²) in [5, 5.41) is 2.60. The fourth-order valence-corrected chi connectivity index (χ4v) is 1.45. The molecule has 0 atom stereocenters. The van der Waals surface area contributed by atoms with Crippen molar-refractivity contribution < 1.29 is 17.9 Å². The van der Waals surface area contributed by atoms with Crippen LogP contribution < -0.4 is 10.2 Å². The molecule has 0 unspecified atom stereocenters. The van der Waals surface area contributed by atoms with Crippen LogP contribution in [0.2, 0.25) is 0 Å². The van der Waals surface area contributed by atoms with Gasteiger partial charge in [-0.2, -0.15) is 13.2 Å². The lowest BCUT2D eigenvalue weighted by molar-refractivity contribution is -0.144. The highest BCUT2D eigenvalue weighted by Crippen LogP contribution is 2.28. The van der Waals surface area contributed by atoms with Crippen LogP contribution in [-0.4, -0.2) is 44.3 Å². The number of nitrogens with one attached hydrogen (secondary N) is 1. The van der Waals surface area contributed by atoms with Gasteiger partial charge in [-0.1, -0.05) is 0 Å². The van der Waals surface area contributed by atoms with Gasteiger partial charge in [0, 0.05) is 40.4 Å². The number of halogens is 3. The molecule has 0 aromatic carbocycles. The van der Waals surface area contributed by atoms with Gasteiger partial charge in [-0.05, 0) is 6.42 Å². The van der Waals surface area contributed by atoms with E-state index in [2.05, 4.69) is 15.3 Å². The SMILES string of the molecule is CNc1cc(N(C)CCCOC)nc(C(F)(F)F)n1. The van der Waals surface area contributed by atoms with Gasteiger partial charge in [0.2, 0.25) is 5.82 Å². The first-order valence-corrected chi connectivity index (χ1v) is 5.72. The van der Waals surface area contributed by atoms with Gasteiger partial charge in [-0.25, -0.2) is 9.97 Å². The second-order valence-electron chi connectivity index (χ2n) is 3.95. The van der Waals surface area contributed by atoms with Crippen LogP contribution in [0.4, 0.5) is 24.8 Å². The minimum absolute atomic E-state index is 0.135. The van der Waals surface area contributed by atoms with Gasteiger partial charge in [0.25, 0.3) is 0 Å². The minimum Gasteiger partial charge on any atom is -0.385 e. The van der Waals surface area contributed by atoms with E-state index < -0.39 is 12.0 Å². The van der Waals surface area contributed by atoms with E-state index in [0.29, 0.717) is 19.6 Å². The quantitative estimate of drug-likeness (QED) is 0.807. The molecule has 0 radical (unpaired) electrons. The van der Waals surface area contributed by atoms with E-state index in [1.165, 1.54) is 13.1 Å². The first kappa shape index (κ1) is 15.5. The number of aromatic nitrogens is 2. The monoisotopic (exact) mass is 278 g/mol. The maximum Gasteiger partial charge on any atom is 0.451 e. The lowest BCUT2D eigenvalue weighted by Gasteiger charge is -2.19. The summed E-state index contributed by atoms with van der Waals surface area (Å²) >= 11 is 0. The predicted molar refractivity (Wildman–Crippen MR) is 66.3 cm³/mol. The Morgan fingerprint density at radius 1 is 1.37 bits per heavy atom. The smallest absolute Gasteiger partial charge is 0.385 e. The lowest BCUT2D eigenvalue weighted by atomic mass is 10.4. The van der Waals surface area contributed by atoms with Crippen LogP contribution in [0.3, 0.4) is 0 Å². The van der Waals surface area contributed by atoms with E-state index in [9.17, 15) is 13.2 Å². The number of nitrogens with zero attached hydrogens (tertiary/aromatic N) is 3. The van der Waals surface area contributed by atoms with E-state index in [1.807, 2.05) is 0 Å². The second-order valence-corrected chi connectivity index (χ2v) is 3.95. The molecule has 0 spiro atoms. The molecule has 1 rings (SSSR count). The fraction of sp³-hybridized carbons (Fsp3) is 0.636. The Morgan fingerprint density at radius 3 is 2.58 bits per heavy atom. The van der Waals surface area contributed by atoms with Crippen LogP contribution in [0.25, 0.3) is 0 Å². The zero-order chi connectivity index (χ0) is 14.5. The Morgan fingerprint density at radius 2 is 2.05 bits per heavy atom. The Kier molecular flexibility index (Phi) is 5.34. The van der Waals surface area contributed by atoms with E-state index >= 15 is 0 Å². The van der Waals surface area contributed by atoms with Crippen LogP contribution in [0.1, 0.15) is 12.2 Å². The minimum atomic E-state index is -4.56. The highest BCUT2D eigenvalue weighted by Gasteiger charge is 2.35. The summed E-state index contributed by atoms with van der Waals surface area (Å²) in [5.74, 6) is -0.786. The van der Waals surface area contributed by atoms with Gasteiger partial charge < -0.3 is 15.0 Å². The van der Waals surface area contributed by atoms with Crippen molar-refractivity contribution in [3.8, 4) is 0 Å². The van der Waals surface area contributed by atoms with E-state index in [4.69, 9.17) is 4.74 Å². The fourth-order valence-electron chi connectivity index (χ4n) is 1.45. The van der Waals surface area contributed by atoms with Gasteiger partial charge in [-0.3, -0.25) is 0 Å². The molecule has 8 heteroatoms. The molecule has 0 bridgehead atoms. The molecule has 0 aliphatic rings. The first-order valence-electron chi connectivity index (χ1n) is 5.72. The molecule has 1 aromatic rings. The largest absolute Gasteiger partial charge is 0.451 e. The van der Waals surface area contributed by atoms with Crippen LogP contribution in [0, 0.1) is 0 Å². The molecule has 0 saturated carbocycles. The van der Waals surface area contributed by atoms with Crippen molar-refractivity contribution in [3.63, 3.8) is 0 Å². The molecule has 0 aliphatic heterocycles. The number of rotatable bonds is 6. The molecular formula is C11H17F3N4O. The normalized spacial score (nSPS) is 11.5. The molecule has 0 saturated heterocycles. The maximum atomic E-state index is 12.7. The summed E-state index contributed by atoms with van der Waals surface area (Å²) in [6.45, 7) is 1.09. The highest BCUT2D eigenvalue weighted by molar-refractivity contribution is 5.48. The summed E-state index contributed by atoms with van der Waals surface area (Å²) in [6, 6.07) is 1.47. The summed E-state index contributed by atoms with van der Waals surface area (Å²) in [6.07, 6.45) is -3.86. The van der Waals surface area contributed by atoms with Crippen molar-refractivity contribution in [1.82, 2.24) is 9.97 Å². The standard InChI is InChI=1S/C11H17F3N4O/c1-15-8-7-9(18(2)5-4-6-19-3)17-10(16-8)11(12,13)14/h7H,4-6H2,1-3H3,(H,15,16,17). The van der Waals surface area contributed by atoms with Crippen molar-refractivity contribution in [2.45, 2.75) is 12.6 Å². The molecule has 108 valence electrons. The zero-order valence-electron chi connectivity index (χ0n) is 11.1. The molecule has 5 nitrogen and oxygen atoms in total. The van der Waals surface area contributed by atoms with Crippen LogP contribution in [-0.2, 0) is 10.9 Å². The van der Waals surface area contributed by atoms with Gasteiger partial charge in [0.15, 0.2) is 0 Å². The Hall–Kier alpha value is -1.57. The second kappa shape index (κ2) is 6.55. The van der Waals surface area contributed by atoms with Crippen LogP contribution in [0.15, 0.2) is 6.07 Å². The summed E-state index contributed by atoms with van der Waals surface area (Å²) in [4.78, 5) is 8.58. The molecule has 0 aliphatic carbocycles. The predicted octanol–water partition coefficient (Wildman–Crippen LogP) is 2.01. The molecule has 1 N–H and O–H groups in total. The number of anilines is 2. The number of hydrogen-bond donors (Lipinski definition) is 1. The molecule has 19 heavy (non-hydrogen) atoms. The third-order valence-corrected chi connectivity index (χ3v) is 2.46. The van der Waals surface area contributed by atoms with Gasteiger partial charge in [0.1, 0.15) is 11.6 Å². The van der Waals surface area contributed by atoms with E-state index in [1.54, 1.807) is 19.1 Å². The number of hydrogen-bond acceptors (Lipinski definition) is 5. The van der Waals surface area contributed by atoms with Crippen molar-refractivity contribution in [3.05, 3.63) is 11.9 Å². The lowest BCUT2D eigenvalue weighted by Crippen LogP contribution is -2.23. The number of ether oxygens (including phenoxy) is 1. The Labute approximate surface area is 109 Å².